The molecule has 0 unspecified atom stereocenters. The average Bonchev–Trinajstić information content (AvgIpc) is 3.09. The van der Waals surface area contributed by atoms with Gasteiger partial charge in [-0.2, -0.15) is 0 Å². The number of pyridine rings is 1. The summed E-state index contributed by atoms with van der Waals surface area (Å²) in [5.74, 6) is 0.621. The highest BCUT2D eigenvalue weighted by atomic mass is 79.9. The van der Waals surface area contributed by atoms with E-state index in [1.807, 2.05) is 61.7 Å². The predicted octanol–water partition coefficient (Wildman–Crippen LogP) is 5.00. The molecule has 29 heavy (non-hydrogen) atoms. The van der Waals surface area contributed by atoms with Gasteiger partial charge >= 0.3 is 0 Å². The van der Waals surface area contributed by atoms with Crippen LogP contribution in [0.3, 0.4) is 0 Å². The molecular weight excluding hydrogens is 430 g/mol. The maximum atomic E-state index is 12.0. The standard InChI is InChI=1S/C23H20BrN3O2/c1-15-23-19(9-10-25-15)20-14-18(6-7-21(20)27-23)29-12-11-26-22(28)8-5-16-3-2-4-17(24)13-16/h2-10,13-14,27H,11-12H2,1H3,(H,26,28)/b8-5+. The van der Waals surface area contributed by atoms with Crippen LogP contribution in [-0.2, 0) is 4.79 Å². The first kappa shape index (κ1) is 19.2. The topological polar surface area (TPSA) is 67.0 Å². The van der Waals surface area contributed by atoms with Crippen LogP contribution < -0.4 is 10.1 Å². The summed E-state index contributed by atoms with van der Waals surface area (Å²) in [7, 11) is 0. The number of benzene rings is 2. The monoisotopic (exact) mass is 449 g/mol. The Kier molecular flexibility index (Phi) is 5.62. The lowest BCUT2D eigenvalue weighted by molar-refractivity contribution is -0.116. The number of aromatic amines is 1. The number of ether oxygens (including phenoxy) is 1. The molecule has 6 heteroatoms. The van der Waals surface area contributed by atoms with Gasteiger partial charge in [0.1, 0.15) is 12.4 Å². The zero-order chi connectivity index (χ0) is 20.2. The fraction of sp³-hybridized carbons (Fsp3) is 0.130. The van der Waals surface area contributed by atoms with Gasteiger partial charge in [0, 0.05) is 33.0 Å². The Labute approximate surface area is 176 Å². The molecule has 0 radical (unpaired) electrons. The Hall–Kier alpha value is -3.12. The summed E-state index contributed by atoms with van der Waals surface area (Å²) >= 11 is 3.42. The zero-order valence-corrected chi connectivity index (χ0v) is 17.5. The predicted molar refractivity (Wildman–Crippen MR) is 120 cm³/mol. The summed E-state index contributed by atoms with van der Waals surface area (Å²) in [5.41, 5.74) is 4.03. The fourth-order valence-corrected chi connectivity index (χ4v) is 3.63. The van der Waals surface area contributed by atoms with Gasteiger partial charge in [0.2, 0.25) is 5.91 Å². The molecule has 0 bridgehead atoms. The van der Waals surface area contributed by atoms with Gasteiger partial charge in [-0.15, -0.1) is 0 Å². The van der Waals surface area contributed by atoms with Gasteiger partial charge in [-0.25, -0.2) is 0 Å². The van der Waals surface area contributed by atoms with Gasteiger partial charge in [0.25, 0.3) is 0 Å². The van der Waals surface area contributed by atoms with Crippen LogP contribution in [0.4, 0.5) is 0 Å². The number of hydrogen-bond donors (Lipinski definition) is 2. The third kappa shape index (κ3) is 4.49. The normalized spacial score (nSPS) is 11.4. The van der Waals surface area contributed by atoms with Crippen LogP contribution in [0.25, 0.3) is 27.9 Å². The Morgan fingerprint density at radius 2 is 2.10 bits per heavy atom. The quantitative estimate of drug-likeness (QED) is 0.321. The van der Waals surface area contributed by atoms with E-state index in [-0.39, 0.29) is 5.91 Å². The molecule has 0 spiro atoms. The third-order valence-corrected chi connectivity index (χ3v) is 5.12. The molecular formula is C23H20BrN3O2. The number of rotatable bonds is 6. The summed E-state index contributed by atoms with van der Waals surface area (Å²) in [5, 5.41) is 5.06. The molecule has 0 aliphatic heterocycles. The minimum absolute atomic E-state index is 0.149. The molecule has 0 saturated heterocycles. The summed E-state index contributed by atoms with van der Waals surface area (Å²) in [6.07, 6.45) is 5.12. The number of aromatic nitrogens is 2. The Balaban J connectivity index is 1.33. The van der Waals surface area contributed by atoms with Gasteiger partial charge in [-0.3, -0.25) is 9.78 Å². The van der Waals surface area contributed by atoms with Crippen LogP contribution in [0.15, 0.2) is 65.3 Å². The highest BCUT2D eigenvalue weighted by molar-refractivity contribution is 9.10. The van der Waals surface area contributed by atoms with Crippen molar-refractivity contribution < 1.29 is 9.53 Å². The molecule has 2 heterocycles. The minimum atomic E-state index is -0.149. The molecule has 5 nitrogen and oxygen atoms in total. The third-order valence-electron chi connectivity index (χ3n) is 4.63. The fourth-order valence-electron chi connectivity index (χ4n) is 3.21. The number of nitrogens with zero attached hydrogens (tertiary/aromatic N) is 1. The largest absolute Gasteiger partial charge is 0.492 e. The van der Waals surface area contributed by atoms with Gasteiger partial charge in [0.05, 0.1) is 17.8 Å². The first-order chi connectivity index (χ1) is 14.1. The number of amides is 1. The highest BCUT2D eigenvalue weighted by Crippen LogP contribution is 2.29. The van der Waals surface area contributed by atoms with Gasteiger partial charge < -0.3 is 15.0 Å². The van der Waals surface area contributed by atoms with Crippen LogP contribution in [-0.4, -0.2) is 29.0 Å². The van der Waals surface area contributed by atoms with Crippen LogP contribution >= 0.6 is 15.9 Å². The van der Waals surface area contributed by atoms with E-state index >= 15 is 0 Å². The molecule has 0 aliphatic rings. The number of hydrogen-bond acceptors (Lipinski definition) is 3. The number of carbonyl (C=O) groups excluding carboxylic acids is 1. The number of halogens is 1. The lowest BCUT2D eigenvalue weighted by Gasteiger charge is -2.07. The number of carbonyl (C=O) groups is 1. The lowest BCUT2D eigenvalue weighted by atomic mass is 10.1. The van der Waals surface area contributed by atoms with Crippen molar-refractivity contribution in [1.82, 2.24) is 15.3 Å². The summed E-state index contributed by atoms with van der Waals surface area (Å²) < 4.78 is 6.80. The summed E-state index contributed by atoms with van der Waals surface area (Å²) in [4.78, 5) is 19.7. The minimum Gasteiger partial charge on any atom is -0.492 e. The molecule has 146 valence electrons. The number of nitrogens with one attached hydrogen (secondary N) is 2. The second kappa shape index (κ2) is 8.49. The Morgan fingerprint density at radius 3 is 2.97 bits per heavy atom. The Morgan fingerprint density at radius 1 is 1.21 bits per heavy atom. The maximum absolute atomic E-state index is 12.0. The smallest absolute Gasteiger partial charge is 0.244 e. The molecule has 4 rings (SSSR count). The molecule has 0 aliphatic carbocycles. The van der Waals surface area contributed by atoms with Crippen LogP contribution in [0.5, 0.6) is 5.75 Å². The average molecular weight is 450 g/mol. The van der Waals surface area contributed by atoms with E-state index in [0.29, 0.717) is 13.2 Å². The first-order valence-electron chi connectivity index (χ1n) is 9.31. The van der Waals surface area contributed by atoms with Gasteiger partial charge in [-0.05, 0) is 55.0 Å². The van der Waals surface area contributed by atoms with Gasteiger partial charge in [0.15, 0.2) is 0 Å². The highest BCUT2D eigenvalue weighted by Gasteiger charge is 2.08. The molecule has 1 amide bonds. The summed E-state index contributed by atoms with van der Waals surface area (Å²) in [6, 6.07) is 15.7. The van der Waals surface area contributed by atoms with E-state index < -0.39 is 0 Å². The van der Waals surface area contributed by atoms with Crippen molar-refractivity contribution in [1.29, 1.82) is 0 Å². The van der Waals surface area contributed by atoms with Crippen molar-refractivity contribution >= 4 is 49.7 Å². The lowest BCUT2D eigenvalue weighted by Crippen LogP contribution is -2.26. The Bertz CT molecular complexity index is 1210. The summed E-state index contributed by atoms with van der Waals surface area (Å²) in [6.45, 7) is 2.81. The van der Waals surface area contributed by atoms with Crippen LogP contribution in [0.1, 0.15) is 11.3 Å². The van der Waals surface area contributed by atoms with Crippen molar-refractivity contribution in [3.63, 3.8) is 0 Å². The first-order valence-corrected chi connectivity index (χ1v) is 10.1. The van der Waals surface area contributed by atoms with E-state index in [1.165, 1.54) is 6.08 Å². The van der Waals surface area contributed by atoms with E-state index in [2.05, 4.69) is 31.2 Å². The number of H-pyrrole nitrogens is 1. The number of fused-ring (bicyclic) bond motifs is 3. The van der Waals surface area contributed by atoms with Crippen molar-refractivity contribution in [2.24, 2.45) is 0 Å². The maximum Gasteiger partial charge on any atom is 0.244 e. The van der Waals surface area contributed by atoms with Crippen LogP contribution in [0, 0.1) is 6.92 Å². The molecule has 2 aromatic heterocycles. The van der Waals surface area contributed by atoms with Crippen molar-refractivity contribution in [2.45, 2.75) is 6.92 Å². The molecule has 0 saturated carbocycles. The van der Waals surface area contributed by atoms with Crippen molar-refractivity contribution in [3.05, 3.63) is 76.5 Å². The van der Waals surface area contributed by atoms with E-state index in [9.17, 15) is 4.79 Å². The zero-order valence-electron chi connectivity index (χ0n) is 15.9. The van der Waals surface area contributed by atoms with E-state index in [1.54, 1.807) is 6.08 Å². The molecule has 2 aromatic carbocycles. The van der Waals surface area contributed by atoms with Crippen molar-refractivity contribution in [2.75, 3.05) is 13.2 Å². The van der Waals surface area contributed by atoms with Crippen molar-refractivity contribution in [3.8, 4) is 5.75 Å². The second-order valence-electron chi connectivity index (χ2n) is 6.68. The van der Waals surface area contributed by atoms with Gasteiger partial charge in [-0.1, -0.05) is 28.1 Å². The van der Waals surface area contributed by atoms with E-state index in [4.69, 9.17) is 4.74 Å². The molecule has 4 aromatic rings. The van der Waals surface area contributed by atoms with E-state index in [0.717, 1.165) is 43.3 Å². The number of aryl methyl sites for hydroxylation is 1. The molecule has 2 N–H and O–H groups in total. The van der Waals surface area contributed by atoms with Crippen LogP contribution in [0.2, 0.25) is 0 Å². The SMILES string of the molecule is Cc1nccc2c1[nH]c1ccc(OCCNC(=O)/C=C/c3cccc(Br)c3)cc12. The molecule has 0 fully saturated rings. The second-order valence-corrected chi connectivity index (χ2v) is 7.59. The molecule has 0 atom stereocenters.